The molecule has 17 heavy (non-hydrogen) atoms. The highest BCUT2D eigenvalue weighted by Gasteiger charge is 2.25. The van der Waals surface area contributed by atoms with E-state index < -0.39 is 22.1 Å². The van der Waals surface area contributed by atoms with E-state index in [-0.39, 0.29) is 23.3 Å². The molecule has 0 radical (unpaired) electrons. The highest BCUT2D eigenvalue weighted by Crippen LogP contribution is 2.26. The van der Waals surface area contributed by atoms with Crippen LogP contribution in [0.3, 0.4) is 0 Å². The number of benzene rings is 1. The third-order valence-corrected chi connectivity index (χ3v) is 2.39. The van der Waals surface area contributed by atoms with Gasteiger partial charge in [0, 0.05) is 11.1 Å². The van der Waals surface area contributed by atoms with E-state index in [1.54, 1.807) is 6.92 Å². The molecule has 0 aliphatic heterocycles. The summed E-state index contributed by atoms with van der Waals surface area (Å²) in [6.45, 7) is 2.95. The predicted octanol–water partition coefficient (Wildman–Crippen LogP) is 2.06. The standard InChI is InChI=1S/C11H11NO5/c1-3-7-4-8(6(2)13)5-9(11(14)15)10(7)12(16)17/h4-5H,3H2,1-2H3,(H,14,15). The van der Waals surface area contributed by atoms with Crippen LogP contribution in [-0.2, 0) is 6.42 Å². The third-order valence-electron chi connectivity index (χ3n) is 2.39. The quantitative estimate of drug-likeness (QED) is 0.491. The van der Waals surface area contributed by atoms with E-state index >= 15 is 0 Å². The highest BCUT2D eigenvalue weighted by atomic mass is 16.6. The van der Waals surface area contributed by atoms with E-state index in [1.807, 2.05) is 0 Å². The number of carboxylic acid groups (broad SMARTS) is 1. The first-order valence-electron chi connectivity index (χ1n) is 4.94. The van der Waals surface area contributed by atoms with Gasteiger partial charge in [0.2, 0.25) is 0 Å². The van der Waals surface area contributed by atoms with E-state index in [1.165, 1.54) is 13.0 Å². The molecule has 0 aliphatic carbocycles. The van der Waals surface area contributed by atoms with Crippen LogP contribution in [0, 0.1) is 10.1 Å². The lowest BCUT2D eigenvalue weighted by Gasteiger charge is -2.06. The molecule has 90 valence electrons. The summed E-state index contributed by atoms with van der Waals surface area (Å²) < 4.78 is 0. The van der Waals surface area contributed by atoms with Gasteiger partial charge in [-0.2, -0.15) is 0 Å². The summed E-state index contributed by atoms with van der Waals surface area (Å²) in [5.41, 5.74) is -0.463. The van der Waals surface area contributed by atoms with Crippen LogP contribution < -0.4 is 0 Å². The van der Waals surface area contributed by atoms with Crippen molar-refractivity contribution in [3.05, 3.63) is 38.9 Å². The highest BCUT2D eigenvalue weighted by molar-refractivity contribution is 6.00. The Labute approximate surface area is 97.0 Å². The van der Waals surface area contributed by atoms with Gasteiger partial charge in [-0.15, -0.1) is 0 Å². The fraction of sp³-hybridized carbons (Fsp3) is 0.273. The molecular weight excluding hydrogens is 226 g/mol. The second kappa shape index (κ2) is 4.73. The Morgan fingerprint density at radius 2 is 2.00 bits per heavy atom. The zero-order valence-corrected chi connectivity index (χ0v) is 9.39. The van der Waals surface area contributed by atoms with Crippen molar-refractivity contribution in [1.82, 2.24) is 0 Å². The molecule has 1 aromatic rings. The topological polar surface area (TPSA) is 97.5 Å². The summed E-state index contributed by atoms with van der Waals surface area (Å²) in [5.74, 6) is -1.73. The molecule has 1 N–H and O–H groups in total. The van der Waals surface area contributed by atoms with Gasteiger partial charge >= 0.3 is 5.97 Å². The summed E-state index contributed by atoms with van der Waals surface area (Å²) in [4.78, 5) is 32.3. The molecule has 0 atom stereocenters. The first-order valence-corrected chi connectivity index (χ1v) is 4.94. The number of aromatic carboxylic acids is 1. The van der Waals surface area contributed by atoms with Gasteiger partial charge in [0.25, 0.3) is 5.69 Å². The lowest BCUT2D eigenvalue weighted by atomic mass is 9.99. The van der Waals surface area contributed by atoms with Crippen molar-refractivity contribution in [1.29, 1.82) is 0 Å². The Morgan fingerprint density at radius 3 is 2.35 bits per heavy atom. The maximum Gasteiger partial charge on any atom is 0.342 e. The van der Waals surface area contributed by atoms with Gasteiger partial charge < -0.3 is 5.11 Å². The molecule has 1 rings (SSSR count). The second-order valence-electron chi connectivity index (χ2n) is 3.50. The molecule has 0 amide bonds. The van der Waals surface area contributed by atoms with Crippen LogP contribution >= 0.6 is 0 Å². The lowest BCUT2D eigenvalue weighted by Crippen LogP contribution is -2.08. The molecule has 0 bridgehead atoms. The van der Waals surface area contributed by atoms with E-state index in [9.17, 15) is 19.7 Å². The number of nitrogens with zero attached hydrogens (tertiary/aromatic N) is 1. The van der Waals surface area contributed by atoms with Gasteiger partial charge in [-0.25, -0.2) is 4.79 Å². The molecule has 6 nitrogen and oxygen atoms in total. The van der Waals surface area contributed by atoms with Crippen molar-refractivity contribution in [2.75, 3.05) is 0 Å². The molecule has 0 aliphatic rings. The minimum atomic E-state index is -1.41. The van der Waals surface area contributed by atoms with Crippen LogP contribution in [0.4, 0.5) is 5.69 Å². The third kappa shape index (κ3) is 2.47. The van der Waals surface area contributed by atoms with Crippen molar-refractivity contribution in [3.63, 3.8) is 0 Å². The minimum Gasteiger partial charge on any atom is -0.477 e. The second-order valence-corrected chi connectivity index (χ2v) is 3.50. The summed E-state index contributed by atoms with van der Waals surface area (Å²) >= 11 is 0. The number of hydrogen-bond acceptors (Lipinski definition) is 4. The number of carboxylic acids is 1. The Bertz CT molecular complexity index is 507. The summed E-state index contributed by atoms with van der Waals surface area (Å²) in [5, 5.41) is 19.8. The van der Waals surface area contributed by atoms with Gasteiger partial charge in [-0.05, 0) is 25.5 Å². The molecule has 0 saturated heterocycles. The van der Waals surface area contributed by atoms with Crippen LogP contribution in [0.2, 0.25) is 0 Å². The SMILES string of the molecule is CCc1cc(C(C)=O)cc(C(=O)O)c1[N+](=O)[O-]. The van der Waals surface area contributed by atoms with E-state index in [0.717, 1.165) is 6.07 Å². The number of aryl methyl sites for hydroxylation is 1. The number of carbonyl (C=O) groups is 2. The van der Waals surface area contributed by atoms with Gasteiger partial charge in [-0.3, -0.25) is 14.9 Å². The first-order chi connectivity index (χ1) is 7.88. The molecule has 0 aromatic heterocycles. The number of carbonyl (C=O) groups excluding carboxylic acids is 1. The Kier molecular flexibility index (Phi) is 3.57. The van der Waals surface area contributed by atoms with E-state index in [0.29, 0.717) is 0 Å². The number of ketones is 1. The maximum atomic E-state index is 11.2. The Morgan fingerprint density at radius 1 is 1.41 bits per heavy atom. The van der Waals surface area contributed by atoms with Crippen LogP contribution in [-0.4, -0.2) is 21.8 Å². The maximum absolute atomic E-state index is 11.2. The Hall–Kier alpha value is -2.24. The molecule has 0 fully saturated rings. The molecule has 0 spiro atoms. The van der Waals surface area contributed by atoms with Crippen LogP contribution in [0.25, 0.3) is 0 Å². The number of nitro groups is 1. The average molecular weight is 237 g/mol. The molecular formula is C11H11NO5. The number of nitro benzene ring substituents is 1. The minimum absolute atomic E-state index is 0.171. The van der Waals surface area contributed by atoms with Crippen LogP contribution in [0.5, 0.6) is 0 Å². The monoisotopic (exact) mass is 237 g/mol. The van der Waals surface area contributed by atoms with Crippen molar-refractivity contribution < 1.29 is 19.6 Å². The lowest BCUT2D eigenvalue weighted by molar-refractivity contribution is -0.385. The molecule has 1 aromatic carbocycles. The fourth-order valence-electron chi connectivity index (χ4n) is 1.55. The van der Waals surface area contributed by atoms with Gasteiger partial charge in [0.15, 0.2) is 5.78 Å². The zero-order chi connectivity index (χ0) is 13.2. The summed E-state index contributed by atoms with van der Waals surface area (Å²) in [6.07, 6.45) is 0.289. The van der Waals surface area contributed by atoms with Crippen LogP contribution in [0.1, 0.15) is 40.1 Å². The number of hydrogen-bond donors (Lipinski definition) is 1. The molecule has 0 saturated carbocycles. The van der Waals surface area contributed by atoms with Crippen LogP contribution in [0.15, 0.2) is 12.1 Å². The summed E-state index contributed by atoms with van der Waals surface area (Å²) in [7, 11) is 0. The molecule has 0 heterocycles. The smallest absolute Gasteiger partial charge is 0.342 e. The molecule has 6 heteroatoms. The number of Topliss-reactive ketones (excluding diaryl/α,β-unsaturated/α-hetero) is 1. The van der Waals surface area contributed by atoms with Gasteiger partial charge in [0.05, 0.1) is 4.92 Å². The molecule has 0 unspecified atom stereocenters. The largest absolute Gasteiger partial charge is 0.477 e. The van der Waals surface area contributed by atoms with Crippen molar-refractivity contribution in [2.45, 2.75) is 20.3 Å². The van der Waals surface area contributed by atoms with E-state index in [2.05, 4.69) is 0 Å². The average Bonchev–Trinajstić information content (AvgIpc) is 2.26. The van der Waals surface area contributed by atoms with Gasteiger partial charge in [0.1, 0.15) is 5.56 Å². The Balaban J connectivity index is 3.63. The van der Waals surface area contributed by atoms with Crippen molar-refractivity contribution in [2.24, 2.45) is 0 Å². The van der Waals surface area contributed by atoms with Crippen molar-refractivity contribution >= 4 is 17.4 Å². The summed E-state index contributed by atoms with van der Waals surface area (Å²) in [6, 6.07) is 2.41. The first kappa shape index (κ1) is 12.8. The zero-order valence-electron chi connectivity index (χ0n) is 9.39. The predicted molar refractivity (Wildman–Crippen MR) is 59.4 cm³/mol. The van der Waals surface area contributed by atoms with Gasteiger partial charge in [-0.1, -0.05) is 6.92 Å². The number of rotatable bonds is 4. The normalized spacial score (nSPS) is 10.0. The van der Waals surface area contributed by atoms with Crippen molar-refractivity contribution in [3.8, 4) is 0 Å². The fourth-order valence-corrected chi connectivity index (χ4v) is 1.55. The van der Waals surface area contributed by atoms with E-state index in [4.69, 9.17) is 5.11 Å².